The van der Waals surface area contributed by atoms with Crippen LogP contribution >= 0.6 is 0 Å². The maximum atomic E-state index is 12.9. The number of urea groups is 1. The average molecular weight is 383 g/mol. The monoisotopic (exact) mass is 382 g/mol. The third-order valence-corrected chi connectivity index (χ3v) is 5.91. The van der Waals surface area contributed by atoms with Gasteiger partial charge in [0.05, 0.1) is 25.4 Å². The van der Waals surface area contributed by atoms with Crippen LogP contribution in [0.5, 0.6) is 0 Å². The molecular formula is C22H30N4O2. The normalized spacial score (nSPS) is 21.3. The van der Waals surface area contributed by atoms with E-state index in [4.69, 9.17) is 4.74 Å². The van der Waals surface area contributed by atoms with E-state index in [0.29, 0.717) is 5.92 Å². The van der Waals surface area contributed by atoms with Gasteiger partial charge in [0, 0.05) is 36.9 Å². The molecule has 150 valence electrons. The summed E-state index contributed by atoms with van der Waals surface area (Å²) in [6.07, 6.45) is 6.05. The summed E-state index contributed by atoms with van der Waals surface area (Å²) in [6, 6.07) is 10.5. The van der Waals surface area contributed by atoms with Gasteiger partial charge in [0.25, 0.3) is 0 Å². The summed E-state index contributed by atoms with van der Waals surface area (Å²) in [5, 5.41) is 7.90. The van der Waals surface area contributed by atoms with Crippen molar-refractivity contribution in [2.24, 2.45) is 5.92 Å². The fourth-order valence-electron chi connectivity index (χ4n) is 4.30. The van der Waals surface area contributed by atoms with Crippen LogP contribution in [0.15, 0.2) is 36.5 Å². The van der Waals surface area contributed by atoms with Gasteiger partial charge < -0.3 is 15.0 Å². The van der Waals surface area contributed by atoms with E-state index in [1.807, 2.05) is 24.1 Å². The molecule has 2 unspecified atom stereocenters. The van der Waals surface area contributed by atoms with Gasteiger partial charge >= 0.3 is 6.03 Å². The number of aromatic nitrogens is 2. The van der Waals surface area contributed by atoms with Crippen LogP contribution in [0.2, 0.25) is 0 Å². The lowest BCUT2D eigenvalue weighted by atomic mass is 9.93. The molecule has 28 heavy (non-hydrogen) atoms. The number of fused-ring (bicyclic) bond motifs is 1. The number of nitrogens with zero attached hydrogens (tertiary/aromatic N) is 3. The van der Waals surface area contributed by atoms with Crippen LogP contribution in [0.3, 0.4) is 0 Å². The molecule has 1 N–H and O–H groups in total. The highest BCUT2D eigenvalue weighted by Crippen LogP contribution is 2.30. The quantitative estimate of drug-likeness (QED) is 0.833. The number of benzene rings is 1. The minimum absolute atomic E-state index is 0.0306. The van der Waals surface area contributed by atoms with Gasteiger partial charge in [-0.1, -0.05) is 30.3 Å². The molecule has 2 atom stereocenters. The van der Waals surface area contributed by atoms with Crippen LogP contribution < -0.4 is 5.32 Å². The summed E-state index contributed by atoms with van der Waals surface area (Å²) in [4.78, 5) is 14.8. The molecule has 1 aliphatic heterocycles. The van der Waals surface area contributed by atoms with Crippen molar-refractivity contribution in [1.29, 1.82) is 0 Å². The summed E-state index contributed by atoms with van der Waals surface area (Å²) in [5.41, 5.74) is 3.68. The summed E-state index contributed by atoms with van der Waals surface area (Å²) in [6.45, 7) is 5.89. The number of rotatable bonds is 6. The fraction of sp³-hybridized carbons (Fsp3) is 0.545. The Kier molecular flexibility index (Phi) is 5.95. The summed E-state index contributed by atoms with van der Waals surface area (Å²) in [5.74, 6) is 0.459. The molecule has 1 aliphatic carbocycles. The molecule has 0 saturated carbocycles. The van der Waals surface area contributed by atoms with Crippen molar-refractivity contribution < 1.29 is 9.53 Å². The zero-order valence-electron chi connectivity index (χ0n) is 16.6. The third-order valence-electron chi connectivity index (χ3n) is 5.91. The van der Waals surface area contributed by atoms with E-state index in [-0.39, 0.29) is 12.1 Å². The van der Waals surface area contributed by atoms with Crippen LogP contribution in [0.4, 0.5) is 4.79 Å². The van der Waals surface area contributed by atoms with Gasteiger partial charge in [0.15, 0.2) is 0 Å². The van der Waals surface area contributed by atoms with E-state index in [2.05, 4.69) is 39.4 Å². The second kappa shape index (κ2) is 8.78. The fourth-order valence-corrected chi connectivity index (χ4v) is 4.30. The molecule has 1 aromatic heterocycles. The van der Waals surface area contributed by atoms with Crippen LogP contribution in [-0.2, 0) is 17.7 Å². The van der Waals surface area contributed by atoms with Gasteiger partial charge in [-0.3, -0.25) is 4.68 Å². The van der Waals surface area contributed by atoms with E-state index in [1.165, 1.54) is 16.8 Å². The minimum atomic E-state index is 0.0306. The highest BCUT2D eigenvalue weighted by Gasteiger charge is 2.28. The predicted molar refractivity (Wildman–Crippen MR) is 108 cm³/mol. The van der Waals surface area contributed by atoms with Gasteiger partial charge in [-0.05, 0) is 38.2 Å². The molecular weight excluding hydrogens is 352 g/mol. The molecule has 2 amide bonds. The molecule has 0 bridgehead atoms. The molecule has 2 heterocycles. The number of amides is 2. The Morgan fingerprint density at radius 2 is 2.18 bits per heavy atom. The number of hydrogen-bond acceptors (Lipinski definition) is 3. The molecule has 1 aromatic carbocycles. The first-order chi connectivity index (χ1) is 13.7. The van der Waals surface area contributed by atoms with Crippen molar-refractivity contribution >= 4 is 6.03 Å². The SMILES string of the molecule is CCN(CC1CCOC1)C(=O)NC1CCCc2c1cnn2Cc1ccccc1. The van der Waals surface area contributed by atoms with E-state index >= 15 is 0 Å². The highest BCUT2D eigenvalue weighted by atomic mass is 16.5. The lowest BCUT2D eigenvalue weighted by molar-refractivity contribution is 0.164. The first kappa shape index (κ1) is 19.0. The number of hydrogen-bond donors (Lipinski definition) is 1. The van der Waals surface area contributed by atoms with Crippen molar-refractivity contribution in [2.45, 2.75) is 45.2 Å². The first-order valence-electron chi connectivity index (χ1n) is 10.5. The van der Waals surface area contributed by atoms with Crippen molar-refractivity contribution in [3.05, 3.63) is 53.3 Å². The number of ether oxygens (including phenoxy) is 1. The zero-order valence-corrected chi connectivity index (χ0v) is 16.6. The van der Waals surface area contributed by atoms with E-state index in [9.17, 15) is 4.79 Å². The Labute approximate surface area is 166 Å². The third kappa shape index (κ3) is 4.22. The summed E-state index contributed by atoms with van der Waals surface area (Å²) in [7, 11) is 0. The molecule has 6 nitrogen and oxygen atoms in total. The van der Waals surface area contributed by atoms with Crippen molar-refractivity contribution in [2.75, 3.05) is 26.3 Å². The van der Waals surface area contributed by atoms with E-state index in [1.54, 1.807) is 0 Å². The summed E-state index contributed by atoms with van der Waals surface area (Å²) < 4.78 is 7.55. The van der Waals surface area contributed by atoms with Gasteiger partial charge in [-0.2, -0.15) is 5.10 Å². The number of nitrogens with one attached hydrogen (secondary N) is 1. The molecule has 2 aromatic rings. The topological polar surface area (TPSA) is 59.4 Å². The lowest BCUT2D eigenvalue weighted by Crippen LogP contribution is -2.44. The maximum Gasteiger partial charge on any atom is 0.317 e. The molecule has 6 heteroatoms. The Hall–Kier alpha value is -2.34. The zero-order chi connectivity index (χ0) is 19.3. The Bertz CT molecular complexity index is 783. The average Bonchev–Trinajstić information content (AvgIpc) is 3.38. The van der Waals surface area contributed by atoms with Gasteiger partial charge in [-0.25, -0.2) is 4.79 Å². The van der Waals surface area contributed by atoms with Gasteiger partial charge in [0.2, 0.25) is 0 Å². The van der Waals surface area contributed by atoms with E-state index < -0.39 is 0 Å². The number of carbonyl (C=O) groups is 1. The Balaban J connectivity index is 1.43. The largest absolute Gasteiger partial charge is 0.381 e. The summed E-state index contributed by atoms with van der Waals surface area (Å²) >= 11 is 0. The van der Waals surface area contributed by atoms with Crippen molar-refractivity contribution in [1.82, 2.24) is 20.0 Å². The number of carbonyl (C=O) groups excluding carboxylic acids is 1. The predicted octanol–water partition coefficient (Wildman–Crippen LogP) is 3.38. The van der Waals surface area contributed by atoms with Crippen LogP contribution in [0.1, 0.15) is 49.0 Å². The van der Waals surface area contributed by atoms with Crippen LogP contribution in [0.25, 0.3) is 0 Å². The lowest BCUT2D eigenvalue weighted by Gasteiger charge is -2.29. The molecule has 0 spiro atoms. The molecule has 1 saturated heterocycles. The van der Waals surface area contributed by atoms with Crippen molar-refractivity contribution in [3.8, 4) is 0 Å². The standard InChI is InChI=1S/C22H30N4O2/c1-2-25(14-18-11-12-28-16-18)22(27)24-20-9-6-10-21-19(20)13-23-26(21)15-17-7-4-3-5-8-17/h3-5,7-8,13,18,20H,2,6,9-12,14-16H2,1H3,(H,24,27). The van der Waals surface area contributed by atoms with E-state index in [0.717, 1.165) is 58.5 Å². The Morgan fingerprint density at radius 3 is 2.93 bits per heavy atom. The molecule has 1 fully saturated rings. The van der Waals surface area contributed by atoms with Crippen LogP contribution in [-0.4, -0.2) is 47.0 Å². The second-order valence-electron chi connectivity index (χ2n) is 7.85. The maximum absolute atomic E-state index is 12.9. The van der Waals surface area contributed by atoms with Gasteiger partial charge in [-0.15, -0.1) is 0 Å². The molecule has 2 aliphatic rings. The van der Waals surface area contributed by atoms with Crippen molar-refractivity contribution in [3.63, 3.8) is 0 Å². The first-order valence-corrected chi connectivity index (χ1v) is 10.5. The smallest absolute Gasteiger partial charge is 0.317 e. The molecule has 4 rings (SSSR count). The van der Waals surface area contributed by atoms with Crippen LogP contribution in [0, 0.1) is 5.92 Å². The Morgan fingerprint density at radius 1 is 1.32 bits per heavy atom. The van der Waals surface area contributed by atoms with Gasteiger partial charge in [0.1, 0.15) is 0 Å². The highest BCUT2D eigenvalue weighted by molar-refractivity contribution is 5.74. The molecule has 0 radical (unpaired) electrons. The minimum Gasteiger partial charge on any atom is -0.381 e. The second-order valence-corrected chi connectivity index (χ2v) is 7.85.